The number of nitrogens with one attached hydrogen (secondary N) is 1. The van der Waals surface area contributed by atoms with Crippen LogP contribution >= 0.6 is 0 Å². The predicted octanol–water partition coefficient (Wildman–Crippen LogP) is 1.30. The monoisotopic (exact) mass is 345 g/mol. The average Bonchev–Trinajstić information content (AvgIpc) is 3.36. The molecule has 1 amide bonds. The van der Waals surface area contributed by atoms with Gasteiger partial charge in [0.1, 0.15) is 5.54 Å². The molecule has 1 N–H and O–H groups in total. The van der Waals surface area contributed by atoms with Crippen LogP contribution in [0.3, 0.4) is 0 Å². The van der Waals surface area contributed by atoms with Crippen LogP contribution in [-0.4, -0.2) is 71.3 Å². The number of aromatic nitrogens is 2. The molecule has 4 rings (SSSR count). The van der Waals surface area contributed by atoms with Crippen molar-refractivity contribution in [2.24, 2.45) is 5.92 Å². The van der Waals surface area contributed by atoms with Gasteiger partial charge in [0.15, 0.2) is 0 Å². The highest BCUT2D eigenvalue weighted by atomic mass is 16.2. The summed E-state index contributed by atoms with van der Waals surface area (Å²) in [5.41, 5.74) is -0.476. The van der Waals surface area contributed by atoms with Crippen LogP contribution in [0.1, 0.15) is 38.5 Å². The summed E-state index contributed by atoms with van der Waals surface area (Å²) in [7, 11) is 0. The molecule has 138 valence electrons. The molecular formula is C19H31N5O. The number of hydrogen-bond acceptors (Lipinski definition) is 4. The summed E-state index contributed by atoms with van der Waals surface area (Å²) in [5.74, 6) is 1.05. The quantitative estimate of drug-likeness (QED) is 0.894. The van der Waals surface area contributed by atoms with Crippen molar-refractivity contribution in [3.05, 3.63) is 18.5 Å². The van der Waals surface area contributed by atoms with Gasteiger partial charge in [0.2, 0.25) is 0 Å². The van der Waals surface area contributed by atoms with Gasteiger partial charge in [-0.15, -0.1) is 0 Å². The fraction of sp³-hybridized carbons (Fsp3) is 0.789. The summed E-state index contributed by atoms with van der Waals surface area (Å²) in [6, 6.07) is 1.93. The maximum Gasteiger partial charge on any atom is 0.250 e. The Hall–Kier alpha value is -1.40. The highest BCUT2D eigenvalue weighted by Gasteiger charge is 2.45. The Balaban J connectivity index is 1.40. The van der Waals surface area contributed by atoms with Crippen LogP contribution in [0.5, 0.6) is 0 Å². The number of likely N-dealkylation sites (tertiary alicyclic amines) is 2. The molecule has 0 aliphatic carbocycles. The maximum absolute atomic E-state index is 13.5. The van der Waals surface area contributed by atoms with Crippen molar-refractivity contribution < 1.29 is 4.79 Å². The Kier molecular flexibility index (Phi) is 5.08. The molecule has 25 heavy (non-hydrogen) atoms. The van der Waals surface area contributed by atoms with E-state index in [1.807, 2.05) is 16.9 Å². The molecule has 6 nitrogen and oxygen atoms in total. The molecule has 4 heterocycles. The summed E-state index contributed by atoms with van der Waals surface area (Å²) >= 11 is 0. The summed E-state index contributed by atoms with van der Waals surface area (Å²) < 4.78 is 1.92. The van der Waals surface area contributed by atoms with Crippen LogP contribution in [0.4, 0.5) is 0 Å². The van der Waals surface area contributed by atoms with Crippen molar-refractivity contribution in [1.29, 1.82) is 0 Å². The minimum absolute atomic E-state index is 0.289. The third kappa shape index (κ3) is 3.47. The summed E-state index contributed by atoms with van der Waals surface area (Å²) in [4.78, 5) is 18.2. The molecule has 3 saturated heterocycles. The average molecular weight is 345 g/mol. The molecule has 3 aliphatic heterocycles. The number of carbonyl (C=O) groups is 1. The first-order chi connectivity index (χ1) is 12.3. The Morgan fingerprint density at radius 3 is 2.48 bits per heavy atom. The highest BCUT2D eigenvalue weighted by Crippen LogP contribution is 2.31. The molecule has 1 aromatic rings. The molecule has 0 aromatic carbocycles. The minimum atomic E-state index is -0.476. The molecule has 1 aromatic heterocycles. The zero-order valence-electron chi connectivity index (χ0n) is 15.2. The van der Waals surface area contributed by atoms with Gasteiger partial charge in [-0.1, -0.05) is 0 Å². The van der Waals surface area contributed by atoms with Crippen molar-refractivity contribution >= 4 is 5.91 Å². The van der Waals surface area contributed by atoms with E-state index in [2.05, 4.69) is 20.2 Å². The number of amides is 1. The van der Waals surface area contributed by atoms with E-state index in [9.17, 15) is 4.79 Å². The SMILES string of the molecule is O=C(N1CCC(CN2CCCC2)CC1)C1(n2cccn2)CCNCC1. The number of hydrogen-bond donors (Lipinski definition) is 1. The molecule has 0 saturated carbocycles. The van der Waals surface area contributed by atoms with Gasteiger partial charge < -0.3 is 15.1 Å². The molecule has 0 radical (unpaired) electrons. The Morgan fingerprint density at radius 1 is 1.12 bits per heavy atom. The first-order valence-corrected chi connectivity index (χ1v) is 10.0. The first-order valence-electron chi connectivity index (χ1n) is 10.0. The normalized spacial score (nSPS) is 25.4. The number of carbonyl (C=O) groups excluding carboxylic acids is 1. The topological polar surface area (TPSA) is 53.4 Å². The Labute approximate surface area is 150 Å². The summed E-state index contributed by atoms with van der Waals surface area (Å²) in [5, 5.41) is 7.84. The van der Waals surface area contributed by atoms with E-state index in [1.165, 1.54) is 32.5 Å². The van der Waals surface area contributed by atoms with Gasteiger partial charge in [-0.3, -0.25) is 9.48 Å². The van der Waals surface area contributed by atoms with Crippen molar-refractivity contribution in [1.82, 2.24) is 24.9 Å². The Bertz CT molecular complexity index is 552. The van der Waals surface area contributed by atoms with Crippen LogP contribution < -0.4 is 5.32 Å². The van der Waals surface area contributed by atoms with E-state index in [0.717, 1.165) is 57.8 Å². The van der Waals surface area contributed by atoms with E-state index >= 15 is 0 Å². The molecule has 3 fully saturated rings. The maximum atomic E-state index is 13.5. The van der Waals surface area contributed by atoms with E-state index in [1.54, 1.807) is 6.20 Å². The van der Waals surface area contributed by atoms with E-state index in [-0.39, 0.29) is 5.91 Å². The van der Waals surface area contributed by atoms with Gasteiger partial charge in [-0.05, 0) is 76.7 Å². The van der Waals surface area contributed by atoms with E-state index in [0.29, 0.717) is 0 Å². The van der Waals surface area contributed by atoms with Gasteiger partial charge in [0, 0.05) is 32.0 Å². The van der Waals surface area contributed by atoms with Crippen molar-refractivity contribution in [3.8, 4) is 0 Å². The summed E-state index contributed by atoms with van der Waals surface area (Å²) in [6.07, 6.45) is 10.4. The molecule has 6 heteroatoms. The zero-order valence-corrected chi connectivity index (χ0v) is 15.2. The molecular weight excluding hydrogens is 314 g/mol. The lowest BCUT2D eigenvalue weighted by Crippen LogP contribution is -2.57. The second-order valence-corrected chi connectivity index (χ2v) is 7.98. The van der Waals surface area contributed by atoms with Crippen LogP contribution in [0.25, 0.3) is 0 Å². The third-order valence-corrected chi connectivity index (χ3v) is 6.39. The second-order valence-electron chi connectivity index (χ2n) is 7.98. The first kappa shape index (κ1) is 17.0. The van der Waals surface area contributed by atoms with Gasteiger partial charge in [-0.25, -0.2) is 0 Å². The van der Waals surface area contributed by atoms with Gasteiger partial charge in [0.05, 0.1) is 0 Å². The largest absolute Gasteiger partial charge is 0.341 e. The number of nitrogens with zero attached hydrogens (tertiary/aromatic N) is 4. The van der Waals surface area contributed by atoms with Gasteiger partial charge >= 0.3 is 0 Å². The molecule has 0 bridgehead atoms. The fourth-order valence-electron chi connectivity index (χ4n) is 4.85. The van der Waals surface area contributed by atoms with Crippen molar-refractivity contribution in [2.75, 3.05) is 45.8 Å². The second kappa shape index (κ2) is 7.46. The number of piperidine rings is 2. The lowest BCUT2D eigenvalue weighted by molar-refractivity contribution is -0.144. The lowest BCUT2D eigenvalue weighted by atomic mass is 9.85. The smallest absolute Gasteiger partial charge is 0.250 e. The van der Waals surface area contributed by atoms with E-state index in [4.69, 9.17) is 0 Å². The van der Waals surface area contributed by atoms with E-state index < -0.39 is 5.54 Å². The van der Waals surface area contributed by atoms with Crippen LogP contribution in [0, 0.1) is 5.92 Å². The Morgan fingerprint density at radius 2 is 1.84 bits per heavy atom. The van der Waals surface area contributed by atoms with Gasteiger partial charge in [-0.2, -0.15) is 5.10 Å². The predicted molar refractivity (Wildman–Crippen MR) is 97.3 cm³/mol. The van der Waals surface area contributed by atoms with Crippen LogP contribution in [0.2, 0.25) is 0 Å². The number of rotatable bonds is 4. The standard InChI is InChI=1S/C19H31N5O/c25-18(19(6-9-20-10-7-19)24-13-3-8-21-24)23-14-4-17(5-15-23)16-22-11-1-2-12-22/h3,8,13,17,20H,1-2,4-7,9-12,14-16H2. The molecule has 0 atom stereocenters. The van der Waals surface area contributed by atoms with Crippen LogP contribution in [-0.2, 0) is 10.3 Å². The third-order valence-electron chi connectivity index (χ3n) is 6.39. The van der Waals surface area contributed by atoms with Crippen LogP contribution in [0.15, 0.2) is 18.5 Å². The summed E-state index contributed by atoms with van der Waals surface area (Å²) in [6.45, 7) is 7.37. The van der Waals surface area contributed by atoms with Crippen molar-refractivity contribution in [3.63, 3.8) is 0 Å². The highest BCUT2D eigenvalue weighted by molar-refractivity contribution is 5.84. The molecule has 3 aliphatic rings. The zero-order chi connectivity index (χ0) is 17.1. The fourth-order valence-corrected chi connectivity index (χ4v) is 4.85. The molecule has 0 unspecified atom stereocenters. The lowest BCUT2D eigenvalue weighted by Gasteiger charge is -2.42. The minimum Gasteiger partial charge on any atom is -0.341 e. The van der Waals surface area contributed by atoms with Crippen molar-refractivity contribution in [2.45, 2.75) is 44.1 Å². The molecule has 0 spiro atoms. The van der Waals surface area contributed by atoms with Gasteiger partial charge in [0.25, 0.3) is 5.91 Å².